The molecule has 2 rings (SSSR count). The molecule has 0 unspecified atom stereocenters. The minimum atomic E-state index is -1.23. The van der Waals surface area contributed by atoms with Gasteiger partial charge in [-0.25, -0.2) is 4.79 Å². The molecule has 0 aliphatic rings. The second kappa shape index (κ2) is 6.21. The predicted octanol–water partition coefficient (Wildman–Crippen LogP) is 2.90. The lowest BCUT2D eigenvalue weighted by atomic mass is 10.2. The number of carboxylic acid groups (broad SMARTS) is 1. The van der Waals surface area contributed by atoms with Gasteiger partial charge in [0, 0.05) is 4.47 Å². The van der Waals surface area contributed by atoms with Crippen molar-refractivity contribution in [2.45, 2.75) is 0 Å². The van der Waals surface area contributed by atoms with Crippen molar-refractivity contribution in [2.24, 2.45) is 0 Å². The fourth-order valence-corrected chi connectivity index (χ4v) is 1.73. The first kappa shape index (κ1) is 14.1. The Labute approximate surface area is 123 Å². The van der Waals surface area contributed by atoms with E-state index in [0.29, 0.717) is 5.56 Å². The monoisotopic (exact) mass is 335 g/mol. The van der Waals surface area contributed by atoms with Crippen molar-refractivity contribution in [3.8, 4) is 0 Å². The zero-order valence-corrected chi connectivity index (χ0v) is 11.8. The van der Waals surface area contributed by atoms with Gasteiger partial charge in [-0.05, 0) is 35.9 Å². The zero-order chi connectivity index (χ0) is 14.5. The summed E-state index contributed by atoms with van der Waals surface area (Å²) in [5.41, 5.74) is 0.430. The van der Waals surface area contributed by atoms with Crippen LogP contribution in [-0.4, -0.2) is 17.0 Å². The van der Waals surface area contributed by atoms with Gasteiger partial charge in [0.15, 0.2) is 5.76 Å². The van der Waals surface area contributed by atoms with Gasteiger partial charge >= 0.3 is 5.97 Å². The number of hydrogen-bond acceptors (Lipinski definition) is 3. The minimum absolute atomic E-state index is 0.0490. The molecular formula is C14H10BrNO4. The molecule has 0 bridgehead atoms. The van der Waals surface area contributed by atoms with Crippen LogP contribution >= 0.6 is 15.9 Å². The van der Waals surface area contributed by atoms with Crippen molar-refractivity contribution in [3.63, 3.8) is 0 Å². The van der Waals surface area contributed by atoms with Crippen LogP contribution in [-0.2, 0) is 4.79 Å². The van der Waals surface area contributed by atoms with Gasteiger partial charge in [0.05, 0.1) is 6.26 Å². The van der Waals surface area contributed by atoms with E-state index in [4.69, 9.17) is 9.52 Å². The Morgan fingerprint density at radius 1 is 1.20 bits per heavy atom. The van der Waals surface area contributed by atoms with E-state index in [1.807, 2.05) is 0 Å². The predicted molar refractivity (Wildman–Crippen MR) is 75.9 cm³/mol. The van der Waals surface area contributed by atoms with Crippen LogP contribution in [0.25, 0.3) is 6.08 Å². The SMILES string of the molecule is O=C(O)/C(=C\c1ccc(Br)cc1)NC(=O)c1ccco1. The van der Waals surface area contributed by atoms with Crippen LogP contribution < -0.4 is 5.32 Å². The molecule has 0 spiro atoms. The Kier molecular flexibility index (Phi) is 4.37. The fraction of sp³-hybridized carbons (Fsp3) is 0. The third-order valence-electron chi connectivity index (χ3n) is 2.40. The molecule has 0 aliphatic heterocycles. The molecule has 6 heteroatoms. The second-order valence-electron chi connectivity index (χ2n) is 3.85. The van der Waals surface area contributed by atoms with Gasteiger partial charge in [-0.2, -0.15) is 0 Å². The van der Waals surface area contributed by atoms with Gasteiger partial charge < -0.3 is 14.8 Å². The third-order valence-corrected chi connectivity index (χ3v) is 2.93. The zero-order valence-electron chi connectivity index (χ0n) is 10.2. The normalized spacial score (nSPS) is 11.2. The van der Waals surface area contributed by atoms with E-state index in [1.165, 1.54) is 18.4 Å². The van der Waals surface area contributed by atoms with Crippen molar-refractivity contribution >= 4 is 33.9 Å². The standard InChI is InChI=1S/C14H10BrNO4/c15-10-5-3-9(4-6-10)8-11(14(18)19)16-13(17)12-2-1-7-20-12/h1-8H,(H,16,17)(H,18,19)/b11-8+. The molecule has 0 atom stereocenters. The number of hydrogen-bond donors (Lipinski definition) is 2. The van der Waals surface area contributed by atoms with Crippen LogP contribution in [0, 0.1) is 0 Å². The van der Waals surface area contributed by atoms with E-state index < -0.39 is 11.9 Å². The van der Waals surface area contributed by atoms with Crippen molar-refractivity contribution < 1.29 is 19.1 Å². The van der Waals surface area contributed by atoms with Gasteiger partial charge in [-0.15, -0.1) is 0 Å². The Morgan fingerprint density at radius 2 is 1.90 bits per heavy atom. The average Bonchev–Trinajstić information content (AvgIpc) is 2.94. The number of carbonyl (C=O) groups excluding carboxylic acids is 1. The van der Waals surface area contributed by atoms with Crippen LogP contribution in [0.1, 0.15) is 16.1 Å². The fourth-order valence-electron chi connectivity index (χ4n) is 1.47. The summed E-state index contributed by atoms with van der Waals surface area (Å²) in [5.74, 6) is -1.79. The number of nitrogens with one attached hydrogen (secondary N) is 1. The molecule has 0 aliphatic carbocycles. The van der Waals surface area contributed by atoms with E-state index in [9.17, 15) is 9.59 Å². The Morgan fingerprint density at radius 3 is 2.45 bits per heavy atom. The van der Waals surface area contributed by atoms with Crippen molar-refractivity contribution in [1.82, 2.24) is 5.32 Å². The molecule has 2 aromatic rings. The number of furan rings is 1. The minimum Gasteiger partial charge on any atom is -0.477 e. The van der Waals surface area contributed by atoms with E-state index in [-0.39, 0.29) is 11.5 Å². The van der Waals surface area contributed by atoms with Crippen molar-refractivity contribution in [1.29, 1.82) is 0 Å². The second-order valence-corrected chi connectivity index (χ2v) is 4.76. The average molecular weight is 336 g/mol. The first-order chi connectivity index (χ1) is 9.56. The summed E-state index contributed by atoms with van der Waals surface area (Å²) in [5, 5.41) is 11.4. The summed E-state index contributed by atoms with van der Waals surface area (Å²) in [7, 11) is 0. The van der Waals surface area contributed by atoms with Crippen LogP contribution in [0.4, 0.5) is 0 Å². The van der Waals surface area contributed by atoms with Gasteiger partial charge in [-0.3, -0.25) is 4.79 Å². The van der Waals surface area contributed by atoms with E-state index >= 15 is 0 Å². The summed E-state index contributed by atoms with van der Waals surface area (Å²) < 4.78 is 5.78. The summed E-state index contributed by atoms with van der Waals surface area (Å²) in [6.07, 6.45) is 2.71. The summed E-state index contributed by atoms with van der Waals surface area (Å²) in [6.45, 7) is 0. The lowest BCUT2D eigenvalue weighted by Gasteiger charge is -2.04. The first-order valence-electron chi connectivity index (χ1n) is 5.61. The maximum absolute atomic E-state index is 11.7. The van der Waals surface area contributed by atoms with Gasteiger partial charge in [0.25, 0.3) is 5.91 Å². The lowest BCUT2D eigenvalue weighted by Crippen LogP contribution is -2.26. The van der Waals surface area contributed by atoms with E-state index in [0.717, 1.165) is 4.47 Å². The summed E-state index contributed by atoms with van der Waals surface area (Å²) in [4.78, 5) is 22.9. The number of carbonyl (C=O) groups is 2. The number of aliphatic carboxylic acids is 1. The van der Waals surface area contributed by atoms with E-state index in [2.05, 4.69) is 21.2 Å². The Bertz CT molecular complexity index is 644. The summed E-state index contributed by atoms with van der Waals surface area (Å²) >= 11 is 3.29. The van der Waals surface area contributed by atoms with Crippen LogP contribution in [0.5, 0.6) is 0 Å². The molecule has 0 radical (unpaired) electrons. The quantitative estimate of drug-likeness (QED) is 0.842. The smallest absolute Gasteiger partial charge is 0.352 e. The first-order valence-corrected chi connectivity index (χ1v) is 6.41. The molecule has 0 saturated heterocycles. The molecule has 1 heterocycles. The van der Waals surface area contributed by atoms with Crippen molar-refractivity contribution in [2.75, 3.05) is 0 Å². The maximum atomic E-state index is 11.7. The number of halogens is 1. The number of benzene rings is 1. The highest BCUT2D eigenvalue weighted by molar-refractivity contribution is 9.10. The Hall–Kier alpha value is -2.34. The molecule has 0 saturated carbocycles. The largest absolute Gasteiger partial charge is 0.477 e. The molecule has 5 nitrogen and oxygen atoms in total. The Balaban J connectivity index is 2.21. The van der Waals surface area contributed by atoms with Crippen LogP contribution in [0.2, 0.25) is 0 Å². The van der Waals surface area contributed by atoms with Gasteiger partial charge in [0.2, 0.25) is 0 Å². The summed E-state index contributed by atoms with van der Waals surface area (Å²) in [6, 6.07) is 10.0. The molecule has 1 amide bonds. The van der Waals surface area contributed by atoms with Gasteiger partial charge in [0.1, 0.15) is 5.70 Å². The van der Waals surface area contributed by atoms with Crippen LogP contribution in [0.15, 0.2) is 57.2 Å². The van der Waals surface area contributed by atoms with E-state index in [1.54, 1.807) is 30.3 Å². The number of rotatable bonds is 4. The van der Waals surface area contributed by atoms with Crippen molar-refractivity contribution in [3.05, 3.63) is 64.2 Å². The number of amides is 1. The van der Waals surface area contributed by atoms with Crippen LogP contribution in [0.3, 0.4) is 0 Å². The highest BCUT2D eigenvalue weighted by atomic mass is 79.9. The third kappa shape index (κ3) is 3.58. The molecule has 102 valence electrons. The number of carboxylic acids is 1. The molecule has 1 aromatic carbocycles. The highest BCUT2D eigenvalue weighted by Crippen LogP contribution is 2.13. The molecule has 20 heavy (non-hydrogen) atoms. The topological polar surface area (TPSA) is 79.5 Å². The molecule has 1 aromatic heterocycles. The highest BCUT2D eigenvalue weighted by Gasteiger charge is 2.15. The lowest BCUT2D eigenvalue weighted by molar-refractivity contribution is -0.132. The van der Waals surface area contributed by atoms with Gasteiger partial charge in [-0.1, -0.05) is 28.1 Å². The molecular weight excluding hydrogens is 326 g/mol. The maximum Gasteiger partial charge on any atom is 0.352 e. The molecule has 0 fully saturated rings. The molecule has 2 N–H and O–H groups in total.